The minimum atomic E-state index is 0.158. The lowest BCUT2D eigenvalue weighted by molar-refractivity contribution is -0.148. The van der Waals surface area contributed by atoms with Crippen LogP contribution in [0.4, 0.5) is 0 Å². The molecule has 1 saturated heterocycles. The van der Waals surface area contributed by atoms with Gasteiger partial charge in [0.05, 0.1) is 18.8 Å². The minimum Gasteiger partial charge on any atom is -0.373 e. The molecule has 0 aromatic rings. The first-order valence-corrected chi connectivity index (χ1v) is 9.75. The largest absolute Gasteiger partial charge is 0.373 e. The Bertz CT molecular complexity index is 329. The second kappa shape index (κ2) is 8.52. The minimum absolute atomic E-state index is 0.158. The molecule has 21 heavy (non-hydrogen) atoms. The summed E-state index contributed by atoms with van der Waals surface area (Å²) < 4.78 is 5.73. The zero-order valence-corrected chi connectivity index (χ0v) is 15.1. The third kappa shape index (κ3) is 4.69. The number of halogens is 1. The molecule has 0 N–H and O–H groups in total. The summed E-state index contributed by atoms with van der Waals surface area (Å²) in [5, 5.41) is 0.813. The number of carbonyl (C=O) groups excluding carboxylic acids is 1. The third-order valence-corrected chi connectivity index (χ3v) is 5.84. The number of hydrogen-bond donors (Lipinski definition) is 0. The lowest BCUT2D eigenvalue weighted by Gasteiger charge is -2.40. The summed E-state index contributed by atoms with van der Waals surface area (Å²) in [5.74, 6) is 1.51. The number of hydrogen-bond acceptors (Lipinski definition) is 2. The van der Waals surface area contributed by atoms with Crippen LogP contribution in [-0.2, 0) is 9.53 Å². The Morgan fingerprint density at radius 1 is 1.29 bits per heavy atom. The molecule has 1 saturated carbocycles. The van der Waals surface area contributed by atoms with Crippen LogP contribution >= 0.6 is 15.9 Å². The molecule has 3 nitrogen and oxygen atoms in total. The van der Waals surface area contributed by atoms with E-state index in [1.807, 2.05) is 0 Å². The van der Waals surface area contributed by atoms with Gasteiger partial charge in [0.2, 0.25) is 5.91 Å². The summed E-state index contributed by atoms with van der Waals surface area (Å²) in [6, 6.07) is 0.227. The normalized spacial score (nSPS) is 34.0. The summed E-state index contributed by atoms with van der Waals surface area (Å²) >= 11 is 3.47. The Hall–Kier alpha value is -0.0900. The van der Waals surface area contributed by atoms with Crippen LogP contribution in [0.1, 0.15) is 58.8 Å². The molecule has 0 bridgehead atoms. The molecule has 2 aliphatic rings. The summed E-state index contributed by atoms with van der Waals surface area (Å²) in [4.78, 5) is 14.9. The summed E-state index contributed by atoms with van der Waals surface area (Å²) in [5.41, 5.74) is 0. The maximum absolute atomic E-state index is 12.8. The molecule has 0 radical (unpaired) electrons. The lowest BCUT2D eigenvalue weighted by atomic mass is 9.79. The molecule has 1 aliphatic carbocycles. The fraction of sp³-hybridized carbons (Fsp3) is 0.941. The second-order valence-electron chi connectivity index (χ2n) is 6.81. The second-order valence-corrected chi connectivity index (χ2v) is 7.46. The van der Waals surface area contributed by atoms with Gasteiger partial charge in [0.25, 0.3) is 0 Å². The summed E-state index contributed by atoms with van der Waals surface area (Å²) in [7, 11) is 0. The van der Waals surface area contributed by atoms with E-state index in [0.717, 1.165) is 30.6 Å². The molecule has 122 valence electrons. The number of unbranched alkanes of at least 4 members (excludes halogenated alkanes) is 1. The molecule has 2 atom stereocenters. The average Bonchev–Trinajstić information content (AvgIpc) is 2.53. The van der Waals surface area contributed by atoms with Gasteiger partial charge < -0.3 is 9.64 Å². The smallest absolute Gasteiger partial charge is 0.226 e. The number of carbonyl (C=O) groups is 1. The topological polar surface area (TPSA) is 29.5 Å². The van der Waals surface area contributed by atoms with E-state index >= 15 is 0 Å². The van der Waals surface area contributed by atoms with Crippen LogP contribution in [0.15, 0.2) is 0 Å². The number of amides is 1. The van der Waals surface area contributed by atoms with Gasteiger partial charge in [-0.3, -0.25) is 4.79 Å². The molecule has 0 aromatic carbocycles. The Morgan fingerprint density at radius 2 is 2.00 bits per heavy atom. The maximum Gasteiger partial charge on any atom is 0.226 e. The first kappa shape index (κ1) is 17.3. The number of alkyl halides is 1. The van der Waals surface area contributed by atoms with E-state index < -0.39 is 0 Å². The maximum atomic E-state index is 12.8. The first-order valence-electron chi connectivity index (χ1n) is 8.63. The van der Waals surface area contributed by atoms with Crippen LogP contribution in [0.5, 0.6) is 0 Å². The van der Waals surface area contributed by atoms with E-state index in [-0.39, 0.29) is 18.1 Å². The van der Waals surface area contributed by atoms with Crippen molar-refractivity contribution in [2.45, 2.75) is 70.9 Å². The highest BCUT2D eigenvalue weighted by molar-refractivity contribution is 9.09. The van der Waals surface area contributed by atoms with Crippen molar-refractivity contribution < 1.29 is 9.53 Å². The van der Waals surface area contributed by atoms with E-state index in [9.17, 15) is 4.79 Å². The van der Waals surface area contributed by atoms with Crippen molar-refractivity contribution in [3.63, 3.8) is 0 Å². The molecule has 1 amide bonds. The molecule has 2 fully saturated rings. The molecule has 2 unspecified atom stereocenters. The fourth-order valence-electron chi connectivity index (χ4n) is 3.64. The molecule has 0 aromatic heterocycles. The third-order valence-electron chi connectivity index (χ3n) is 5.12. The molecule has 1 aliphatic heterocycles. The predicted octanol–water partition coefficient (Wildman–Crippen LogP) is 3.99. The Labute approximate surface area is 137 Å². The monoisotopic (exact) mass is 359 g/mol. The number of rotatable bonds is 5. The molecule has 2 rings (SSSR count). The molecular weight excluding hydrogens is 330 g/mol. The number of ether oxygens (including phenoxy) is 1. The highest BCUT2D eigenvalue weighted by atomic mass is 79.9. The molecule has 1 heterocycles. The van der Waals surface area contributed by atoms with Crippen molar-refractivity contribution in [2.75, 3.05) is 18.5 Å². The quantitative estimate of drug-likeness (QED) is 0.694. The van der Waals surface area contributed by atoms with Crippen molar-refractivity contribution in [1.82, 2.24) is 4.90 Å². The van der Waals surface area contributed by atoms with Gasteiger partial charge >= 0.3 is 0 Å². The van der Waals surface area contributed by atoms with E-state index in [4.69, 9.17) is 4.74 Å². The van der Waals surface area contributed by atoms with Gasteiger partial charge in [0.15, 0.2) is 0 Å². The SMILES string of the molecule is CCCCC1CCC(C(=O)N2CC(CBr)OCC2C)CC1. The van der Waals surface area contributed by atoms with Crippen molar-refractivity contribution in [3.05, 3.63) is 0 Å². The Morgan fingerprint density at radius 3 is 2.62 bits per heavy atom. The van der Waals surface area contributed by atoms with Crippen LogP contribution in [0.25, 0.3) is 0 Å². The van der Waals surface area contributed by atoms with Crippen LogP contribution in [0.2, 0.25) is 0 Å². The van der Waals surface area contributed by atoms with E-state index in [2.05, 4.69) is 34.7 Å². The van der Waals surface area contributed by atoms with Gasteiger partial charge in [-0.1, -0.05) is 42.1 Å². The summed E-state index contributed by atoms with van der Waals surface area (Å²) in [6.45, 7) is 5.79. The molecule has 0 spiro atoms. The zero-order chi connectivity index (χ0) is 15.2. The number of nitrogens with zero attached hydrogens (tertiary/aromatic N) is 1. The van der Waals surface area contributed by atoms with Crippen molar-refractivity contribution >= 4 is 21.8 Å². The van der Waals surface area contributed by atoms with E-state index in [1.165, 1.54) is 32.1 Å². The van der Waals surface area contributed by atoms with Gasteiger partial charge in [0, 0.05) is 17.8 Å². The van der Waals surface area contributed by atoms with Gasteiger partial charge in [-0.25, -0.2) is 0 Å². The van der Waals surface area contributed by atoms with Gasteiger partial charge in [-0.2, -0.15) is 0 Å². The standard InChI is InChI=1S/C17H30BrNO2/c1-3-4-5-14-6-8-15(9-7-14)17(20)19-11-16(10-18)21-12-13(19)2/h13-16H,3-12H2,1-2H3. The van der Waals surface area contributed by atoms with Gasteiger partial charge in [0.1, 0.15) is 0 Å². The predicted molar refractivity (Wildman–Crippen MR) is 89.7 cm³/mol. The van der Waals surface area contributed by atoms with Crippen LogP contribution in [0, 0.1) is 11.8 Å². The Balaban J connectivity index is 1.83. The molecule has 4 heteroatoms. The van der Waals surface area contributed by atoms with Gasteiger partial charge in [-0.15, -0.1) is 0 Å². The Kier molecular flexibility index (Phi) is 7.00. The zero-order valence-electron chi connectivity index (χ0n) is 13.5. The highest BCUT2D eigenvalue weighted by Gasteiger charge is 2.34. The van der Waals surface area contributed by atoms with Crippen LogP contribution in [0.3, 0.4) is 0 Å². The number of morpholine rings is 1. The first-order chi connectivity index (χ1) is 10.2. The van der Waals surface area contributed by atoms with E-state index in [0.29, 0.717) is 12.5 Å². The lowest BCUT2D eigenvalue weighted by Crippen LogP contribution is -2.53. The van der Waals surface area contributed by atoms with Crippen molar-refractivity contribution in [3.8, 4) is 0 Å². The molecular formula is C17H30BrNO2. The van der Waals surface area contributed by atoms with Gasteiger partial charge in [-0.05, 0) is 38.5 Å². The summed E-state index contributed by atoms with van der Waals surface area (Å²) in [6.07, 6.45) is 8.83. The fourth-order valence-corrected chi connectivity index (χ4v) is 4.03. The highest BCUT2D eigenvalue weighted by Crippen LogP contribution is 2.33. The van der Waals surface area contributed by atoms with E-state index in [1.54, 1.807) is 0 Å². The van der Waals surface area contributed by atoms with Crippen molar-refractivity contribution in [1.29, 1.82) is 0 Å². The van der Waals surface area contributed by atoms with Crippen molar-refractivity contribution in [2.24, 2.45) is 11.8 Å². The van der Waals surface area contributed by atoms with Crippen LogP contribution < -0.4 is 0 Å². The average molecular weight is 360 g/mol. The van der Waals surface area contributed by atoms with Crippen LogP contribution in [-0.4, -0.2) is 41.4 Å².